The molecule has 0 aliphatic heterocycles. The number of carboxylic acids is 1. The van der Waals surface area contributed by atoms with Crippen molar-refractivity contribution in [2.45, 2.75) is 19.0 Å². The normalized spacial score (nSPS) is 11.4. The number of benzene rings is 2. The van der Waals surface area contributed by atoms with Crippen LogP contribution in [0.3, 0.4) is 0 Å². The second-order valence-corrected chi connectivity index (χ2v) is 6.03. The third kappa shape index (κ3) is 5.78. The molecule has 0 aromatic heterocycles. The van der Waals surface area contributed by atoms with Crippen LogP contribution >= 0.6 is 11.6 Å². The number of nitrogens with two attached hydrogens (primary N) is 1. The number of urea groups is 1. The van der Waals surface area contributed by atoms with E-state index >= 15 is 0 Å². The quantitative estimate of drug-likeness (QED) is 0.593. The van der Waals surface area contributed by atoms with E-state index in [0.717, 1.165) is 5.56 Å². The smallest absolute Gasteiger partial charge is 0.335 e. The number of amides is 3. The SMILES string of the molecule is NC(=O)N[C@H](CC(=O)NCc1ccc(C(=O)O)cc1)c1ccc(Cl)cc1. The Hall–Kier alpha value is -3.06. The standard InChI is InChI=1S/C18H18ClN3O4/c19-14-7-5-12(6-8-14)15(22-18(20)26)9-16(23)21-10-11-1-3-13(4-2-11)17(24)25/h1-8,15H,9-10H2,(H,21,23)(H,24,25)(H3,20,22,26)/t15-/m1/s1. The summed E-state index contributed by atoms with van der Waals surface area (Å²) in [6.07, 6.45) is -0.00220. The van der Waals surface area contributed by atoms with Gasteiger partial charge in [0, 0.05) is 11.6 Å². The number of nitrogens with one attached hydrogen (secondary N) is 2. The minimum absolute atomic E-state index is 0.00220. The van der Waals surface area contributed by atoms with E-state index in [1.165, 1.54) is 12.1 Å². The lowest BCUT2D eigenvalue weighted by Crippen LogP contribution is -2.36. The maximum Gasteiger partial charge on any atom is 0.335 e. The van der Waals surface area contributed by atoms with E-state index in [0.29, 0.717) is 10.6 Å². The number of aromatic carboxylic acids is 1. The van der Waals surface area contributed by atoms with Crippen molar-refractivity contribution in [2.75, 3.05) is 0 Å². The van der Waals surface area contributed by atoms with Crippen LogP contribution in [0.25, 0.3) is 0 Å². The number of rotatable bonds is 7. The minimum Gasteiger partial charge on any atom is -0.478 e. The molecule has 2 aromatic rings. The summed E-state index contributed by atoms with van der Waals surface area (Å²) in [6.45, 7) is 0.239. The number of primary amides is 1. The molecule has 0 saturated heterocycles. The summed E-state index contributed by atoms with van der Waals surface area (Å²) in [5.41, 5.74) is 6.82. The molecule has 0 spiro atoms. The third-order valence-electron chi connectivity index (χ3n) is 3.67. The van der Waals surface area contributed by atoms with Gasteiger partial charge in [-0.15, -0.1) is 0 Å². The van der Waals surface area contributed by atoms with Gasteiger partial charge < -0.3 is 21.5 Å². The molecule has 8 heteroatoms. The molecule has 0 radical (unpaired) electrons. The number of hydrogen-bond donors (Lipinski definition) is 4. The van der Waals surface area contributed by atoms with Crippen LogP contribution < -0.4 is 16.4 Å². The Morgan fingerprint density at radius 1 is 1.04 bits per heavy atom. The van der Waals surface area contributed by atoms with Crippen LogP contribution in [-0.4, -0.2) is 23.0 Å². The first-order chi connectivity index (χ1) is 12.3. The fraction of sp³-hybridized carbons (Fsp3) is 0.167. The van der Waals surface area contributed by atoms with Gasteiger partial charge in [-0.2, -0.15) is 0 Å². The zero-order valence-electron chi connectivity index (χ0n) is 13.7. The van der Waals surface area contributed by atoms with Crippen LogP contribution in [0.1, 0.15) is 33.9 Å². The van der Waals surface area contributed by atoms with Crippen LogP contribution in [0.5, 0.6) is 0 Å². The second-order valence-electron chi connectivity index (χ2n) is 5.60. The van der Waals surface area contributed by atoms with Gasteiger partial charge in [0.05, 0.1) is 18.0 Å². The average Bonchev–Trinajstić information content (AvgIpc) is 2.60. The number of hydrogen-bond acceptors (Lipinski definition) is 3. The van der Waals surface area contributed by atoms with E-state index in [1.807, 2.05) is 0 Å². The molecule has 0 fully saturated rings. The van der Waals surface area contributed by atoms with Gasteiger partial charge >= 0.3 is 12.0 Å². The minimum atomic E-state index is -1.01. The first-order valence-corrected chi connectivity index (χ1v) is 8.13. The average molecular weight is 376 g/mol. The molecule has 0 bridgehead atoms. The maximum absolute atomic E-state index is 12.2. The molecule has 2 rings (SSSR count). The first kappa shape index (κ1) is 19.3. The van der Waals surface area contributed by atoms with Crippen molar-refractivity contribution in [1.29, 1.82) is 0 Å². The van der Waals surface area contributed by atoms with Crippen molar-refractivity contribution >= 4 is 29.5 Å². The molecule has 7 nitrogen and oxygen atoms in total. The van der Waals surface area contributed by atoms with Crippen molar-refractivity contribution in [1.82, 2.24) is 10.6 Å². The summed E-state index contributed by atoms with van der Waals surface area (Å²) >= 11 is 5.85. The first-order valence-electron chi connectivity index (χ1n) is 7.75. The topological polar surface area (TPSA) is 122 Å². The molecule has 2 aromatic carbocycles. The molecule has 26 heavy (non-hydrogen) atoms. The van der Waals surface area contributed by atoms with Crippen LogP contribution in [0.15, 0.2) is 48.5 Å². The van der Waals surface area contributed by atoms with Gasteiger partial charge in [-0.05, 0) is 35.4 Å². The highest BCUT2D eigenvalue weighted by molar-refractivity contribution is 6.30. The Labute approximate surface area is 155 Å². The molecule has 1 atom stereocenters. The van der Waals surface area contributed by atoms with Gasteiger partial charge in [-0.25, -0.2) is 9.59 Å². The van der Waals surface area contributed by atoms with Crippen LogP contribution in [-0.2, 0) is 11.3 Å². The lowest BCUT2D eigenvalue weighted by molar-refractivity contribution is -0.121. The molecule has 5 N–H and O–H groups in total. The Kier molecular flexibility index (Phi) is 6.57. The summed E-state index contributed by atoms with van der Waals surface area (Å²) in [5.74, 6) is -1.30. The Bertz CT molecular complexity index is 791. The molecule has 0 aliphatic rings. The zero-order valence-corrected chi connectivity index (χ0v) is 14.5. The van der Waals surface area contributed by atoms with E-state index < -0.39 is 18.0 Å². The van der Waals surface area contributed by atoms with Crippen LogP contribution in [0, 0.1) is 0 Å². The summed E-state index contributed by atoms with van der Waals surface area (Å²) < 4.78 is 0. The van der Waals surface area contributed by atoms with Gasteiger partial charge in [-0.1, -0.05) is 35.9 Å². The van der Waals surface area contributed by atoms with Gasteiger partial charge in [0.2, 0.25) is 5.91 Å². The van der Waals surface area contributed by atoms with Gasteiger partial charge in [-0.3, -0.25) is 4.79 Å². The molecule has 0 saturated carbocycles. The predicted octanol–water partition coefficient (Wildman–Crippen LogP) is 2.45. The predicted molar refractivity (Wildman–Crippen MR) is 96.8 cm³/mol. The molecule has 0 unspecified atom stereocenters. The van der Waals surface area contributed by atoms with Gasteiger partial charge in [0.15, 0.2) is 0 Å². The highest BCUT2D eigenvalue weighted by atomic mass is 35.5. The number of carboxylic acid groups (broad SMARTS) is 1. The second kappa shape index (κ2) is 8.87. The molecule has 0 heterocycles. The third-order valence-corrected chi connectivity index (χ3v) is 3.92. The largest absolute Gasteiger partial charge is 0.478 e. The summed E-state index contributed by atoms with van der Waals surface area (Å²) in [4.78, 5) is 34.2. The van der Waals surface area contributed by atoms with E-state index in [1.54, 1.807) is 36.4 Å². The van der Waals surface area contributed by atoms with Gasteiger partial charge in [0.1, 0.15) is 0 Å². The fourth-order valence-electron chi connectivity index (χ4n) is 2.34. The van der Waals surface area contributed by atoms with Crippen molar-refractivity contribution in [2.24, 2.45) is 5.73 Å². The zero-order chi connectivity index (χ0) is 19.1. The van der Waals surface area contributed by atoms with E-state index in [4.69, 9.17) is 22.4 Å². The van der Waals surface area contributed by atoms with E-state index in [2.05, 4.69) is 10.6 Å². The van der Waals surface area contributed by atoms with E-state index in [-0.39, 0.29) is 24.4 Å². The summed E-state index contributed by atoms with van der Waals surface area (Å²) in [7, 11) is 0. The monoisotopic (exact) mass is 375 g/mol. The fourth-order valence-corrected chi connectivity index (χ4v) is 2.47. The highest BCUT2D eigenvalue weighted by Gasteiger charge is 2.17. The van der Waals surface area contributed by atoms with E-state index in [9.17, 15) is 14.4 Å². The Balaban J connectivity index is 1.97. The van der Waals surface area contributed by atoms with Crippen molar-refractivity contribution < 1.29 is 19.5 Å². The number of carbonyl (C=O) groups is 3. The molecular weight excluding hydrogens is 358 g/mol. The Morgan fingerprint density at radius 2 is 1.65 bits per heavy atom. The molecular formula is C18H18ClN3O4. The number of carbonyl (C=O) groups excluding carboxylic acids is 2. The lowest BCUT2D eigenvalue weighted by atomic mass is 10.0. The maximum atomic E-state index is 12.2. The summed E-state index contributed by atoms with van der Waals surface area (Å²) in [5, 5.41) is 14.7. The van der Waals surface area contributed by atoms with Crippen LogP contribution in [0.2, 0.25) is 5.02 Å². The van der Waals surface area contributed by atoms with Gasteiger partial charge in [0.25, 0.3) is 0 Å². The summed E-state index contributed by atoms with van der Waals surface area (Å²) in [6, 6.07) is 11.6. The van der Waals surface area contributed by atoms with Crippen molar-refractivity contribution in [3.8, 4) is 0 Å². The molecule has 3 amide bonds. The van der Waals surface area contributed by atoms with Crippen molar-refractivity contribution in [3.05, 3.63) is 70.2 Å². The number of halogens is 1. The Morgan fingerprint density at radius 3 is 2.19 bits per heavy atom. The molecule has 0 aliphatic carbocycles. The van der Waals surface area contributed by atoms with Crippen LogP contribution in [0.4, 0.5) is 4.79 Å². The van der Waals surface area contributed by atoms with Crippen molar-refractivity contribution in [3.63, 3.8) is 0 Å². The molecule has 136 valence electrons. The lowest BCUT2D eigenvalue weighted by Gasteiger charge is -2.18. The highest BCUT2D eigenvalue weighted by Crippen LogP contribution is 2.19.